The molecule has 4 aromatic carbocycles. The van der Waals surface area contributed by atoms with Gasteiger partial charge in [0.25, 0.3) is 0 Å². The Bertz CT molecular complexity index is 2270. The summed E-state index contributed by atoms with van der Waals surface area (Å²) >= 11 is 0. The first-order chi connectivity index (χ1) is 24.5. The number of furan rings is 1. The van der Waals surface area contributed by atoms with E-state index in [9.17, 15) is 0 Å². The van der Waals surface area contributed by atoms with Gasteiger partial charge in [-0.1, -0.05) is 117 Å². The van der Waals surface area contributed by atoms with Crippen LogP contribution in [0.3, 0.4) is 0 Å². The first kappa shape index (κ1) is 26.9. The van der Waals surface area contributed by atoms with Gasteiger partial charge in [0.05, 0.1) is 13.7 Å². The fraction of sp³-hybridized carbons (Fsp3) is 0.190. The Kier molecular flexibility index (Phi) is 8.18. The Balaban J connectivity index is 0.000000223. The van der Waals surface area contributed by atoms with E-state index in [1.807, 2.05) is 60.9 Å². The van der Waals surface area contributed by atoms with Gasteiger partial charge in [0.1, 0.15) is 5.58 Å². The van der Waals surface area contributed by atoms with E-state index in [0.717, 1.165) is 55.6 Å². The molecule has 0 saturated heterocycles. The quantitative estimate of drug-likeness (QED) is 0.128. The number of pyridine rings is 2. The average molecular weight is 815 g/mol. The zero-order chi connectivity index (χ0) is 37.4. The molecule has 0 aliphatic carbocycles. The predicted molar refractivity (Wildman–Crippen MR) is 196 cm³/mol. The van der Waals surface area contributed by atoms with Gasteiger partial charge in [0, 0.05) is 46.1 Å². The smallest absolute Gasteiger partial charge is 0.121 e. The van der Waals surface area contributed by atoms with Crippen LogP contribution in [0.2, 0.25) is 19.6 Å². The number of aromatic nitrogens is 2. The second-order valence-electron chi connectivity index (χ2n) is 12.8. The molecule has 0 atom stereocenters. The first-order valence-corrected chi connectivity index (χ1v) is 18.9. The van der Waals surface area contributed by atoms with E-state index in [1.54, 1.807) is 24.3 Å². The van der Waals surface area contributed by atoms with Crippen molar-refractivity contribution in [2.24, 2.45) is 0 Å². The van der Waals surface area contributed by atoms with E-state index in [1.165, 1.54) is 16.8 Å². The van der Waals surface area contributed by atoms with Gasteiger partial charge >= 0.3 is 0 Å². The van der Waals surface area contributed by atoms with Crippen LogP contribution in [-0.2, 0) is 20.1 Å². The average Bonchev–Trinajstić information content (AvgIpc) is 3.49. The Morgan fingerprint density at radius 1 is 0.745 bits per heavy atom. The third kappa shape index (κ3) is 7.71. The van der Waals surface area contributed by atoms with Crippen molar-refractivity contribution in [2.45, 2.75) is 53.1 Å². The molecule has 0 fully saturated rings. The number of aryl methyl sites for hydroxylation is 2. The molecule has 0 N–H and O–H groups in total. The zero-order valence-corrected chi connectivity index (χ0v) is 30.5. The summed E-state index contributed by atoms with van der Waals surface area (Å²) in [7, 11) is -1.34. The fourth-order valence-electron chi connectivity index (χ4n) is 5.30. The third-order valence-electron chi connectivity index (χ3n) is 8.08. The largest absolute Gasteiger partial charge is 0.501 e. The summed E-state index contributed by atoms with van der Waals surface area (Å²) < 4.78 is 51.0. The Morgan fingerprint density at radius 2 is 1.51 bits per heavy atom. The molecule has 3 aromatic heterocycles. The molecule has 0 bridgehead atoms. The standard InChI is InChI=1S/C27H22NO.C15H18NSi.Ir/c1-17(2)20-13-14-28-25(15-20)24-6-4-5-23-22-12-11-21(16-26(22)29-27(23)24)19-9-7-18(3)8-10-19;1-12-5-7-13(8-6-12)15-10-9-14(11-16-15)17(2,3)4;/h4-5,7-17H,1-3H3;5-7,9-11H,1-4H3;/q2*-1;/i3D3;1D3;. The number of rotatable bonds is 5. The Hall–Kier alpha value is -4.15. The monoisotopic (exact) mass is 815 g/mol. The molecule has 3 heterocycles. The van der Waals surface area contributed by atoms with Crippen molar-refractivity contribution in [3.8, 4) is 33.6 Å². The molecule has 0 saturated carbocycles. The number of hydrogen-bond donors (Lipinski definition) is 0. The minimum atomic E-state index is -2.10. The second-order valence-corrected chi connectivity index (χ2v) is 17.9. The van der Waals surface area contributed by atoms with Crippen LogP contribution in [0.1, 0.15) is 44.7 Å². The van der Waals surface area contributed by atoms with Gasteiger partial charge in [0.15, 0.2) is 0 Å². The molecule has 0 spiro atoms. The number of hydrogen-bond acceptors (Lipinski definition) is 3. The zero-order valence-electron chi connectivity index (χ0n) is 33.1. The van der Waals surface area contributed by atoms with Crippen molar-refractivity contribution in [1.29, 1.82) is 0 Å². The molecule has 1 radical (unpaired) electrons. The van der Waals surface area contributed by atoms with Crippen LogP contribution < -0.4 is 5.19 Å². The minimum Gasteiger partial charge on any atom is -0.501 e. The van der Waals surface area contributed by atoms with Gasteiger partial charge in [0.2, 0.25) is 0 Å². The van der Waals surface area contributed by atoms with Crippen LogP contribution in [0.25, 0.3) is 55.6 Å². The maximum absolute atomic E-state index is 7.56. The van der Waals surface area contributed by atoms with Crippen molar-refractivity contribution >= 4 is 35.2 Å². The van der Waals surface area contributed by atoms with Crippen LogP contribution in [0.15, 0.2) is 114 Å². The van der Waals surface area contributed by atoms with E-state index >= 15 is 0 Å². The molecule has 47 heavy (non-hydrogen) atoms. The second kappa shape index (κ2) is 14.3. The van der Waals surface area contributed by atoms with Crippen molar-refractivity contribution in [2.75, 3.05) is 0 Å². The molecule has 3 nitrogen and oxygen atoms in total. The summed E-state index contributed by atoms with van der Waals surface area (Å²) in [4.78, 5) is 9.04. The normalized spacial score (nSPS) is 13.7. The van der Waals surface area contributed by atoms with Crippen LogP contribution in [0.4, 0.5) is 0 Å². The predicted octanol–water partition coefficient (Wildman–Crippen LogP) is 10.9. The Morgan fingerprint density at radius 3 is 2.17 bits per heavy atom. The van der Waals surface area contributed by atoms with E-state index < -0.39 is 21.8 Å². The molecular formula is C42H40IrN2OSi-2. The van der Waals surface area contributed by atoms with E-state index in [-0.39, 0.29) is 20.1 Å². The molecule has 7 aromatic rings. The molecule has 0 amide bonds. The van der Waals surface area contributed by atoms with Crippen molar-refractivity contribution in [3.63, 3.8) is 0 Å². The fourth-order valence-corrected chi connectivity index (χ4v) is 6.33. The van der Waals surface area contributed by atoms with Crippen LogP contribution >= 0.6 is 0 Å². The summed E-state index contributed by atoms with van der Waals surface area (Å²) in [6.45, 7) is 6.98. The molecule has 0 unspecified atom stereocenters. The summed E-state index contributed by atoms with van der Waals surface area (Å²) in [6.07, 6.45) is 3.76. The summed E-state index contributed by atoms with van der Waals surface area (Å²) in [5, 5.41) is 3.35. The molecule has 7 rings (SSSR count). The molecular weight excluding hydrogens is 769 g/mol. The summed E-state index contributed by atoms with van der Waals surface area (Å²) in [5.74, 6) is 0.408. The van der Waals surface area contributed by atoms with Crippen molar-refractivity contribution in [3.05, 3.63) is 138 Å². The van der Waals surface area contributed by atoms with Gasteiger partial charge in [-0.25, -0.2) is 0 Å². The summed E-state index contributed by atoms with van der Waals surface area (Å²) in [5.41, 5.74) is 8.67. The van der Waals surface area contributed by atoms with Gasteiger partial charge in [-0.05, 0) is 52.6 Å². The maximum atomic E-state index is 7.56. The van der Waals surface area contributed by atoms with Gasteiger partial charge in [-0.15, -0.1) is 53.6 Å². The number of fused-ring (bicyclic) bond motifs is 3. The topological polar surface area (TPSA) is 38.9 Å². The van der Waals surface area contributed by atoms with E-state index in [4.69, 9.17) is 12.6 Å². The van der Waals surface area contributed by atoms with Gasteiger partial charge in [-0.2, -0.15) is 0 Å². The van der Waals surface area contributed by atoms with Gasteiger partial charge in [-0.3, -0.25) is 0 Å². The first-order valence-electron chi connectivity index (χ1n) is 18.4. The Labute approximate surface area is 301 Å². The van der Waals surface area contributed by atoms with Crippen molar-refractivity contribution in [1.82, 2.24) is 9.97 Å². The summed E-state index contributed by atoms with van der Waals surface area (Å²) in [6, 6.07) is 36.5. The van der Waals surface area contributed by atoms with Gasteiger partial charge < -0.3 is 14.4 Å². The third-order valence-corrected chi connectivity index (χ3v) is 10.1. The van der Waals surface area contributed by atoms with Crippen LogP contribution in [-0.4, -0.2) is 18.0 Å². The molecule has 5 heteroatoms. The van der Waals surface area contributed by atoms with Crippen molar-refractivity contribution < 1.29 is 32.7 Å². The molecule has 0 aliphatic rings. The molecule has 0 aliphatic heterocycles. The van der Waals surface area contributed by atoms with Crippen LogP contribution in [0.5, 0.6) is 0 Å². The SMILES string of the molecule is [2H]C([2H])([2H])c1c[c-]c(-c2ccc([Si](C)(C)C)cn2)cc1.[2H]C([2H])([2H])c1ccc(-c2ccc3c(c2)oc2c(-c4cc(C(C)C)ccn4)[c-]ccc23)cc1.[Ir]. The van der Waals surface area contributed by atoms with E-state index in [0.29, 0.717) is 17.0 Å². The number of benzene rings is 4. The minimum absolute atomic E-state index is 0. The van der Waals surface area contributed by atoms with E-state index in [2.05, 4.69) is 73.8 Å². The van der Waals surface area contributed by atoms with Crippen LogP contribution in [0, 0.1) is 25.8 Å². The maximum Gasteiger partial charge on any atom is 0.121 e. The molecule has 239 valence electrons. The number of nitrogens with zero attached hydrogens (tertiary/aromatic N) is 2.